The average molecular weight is 394 g/mol. The fourth-order valence-electron chi connectivity index (χ4n) is 4.66. The zero-order chi connectivity index (χ0) is 19.9. The van der Waals surface area contributed by atoms with Crippen molar-refractivity contribution in [2.75, 3.05) is 20.3 Å². The van der Waals surface area contributed by atoms with Crippen LogP contribution in [0, 0.1) is 16.7 Å². The van der Waals surface area contributed by atoms with E-state index < -0.39 is 7.82 Å². The first kappa shape index (κ1) is 20.4. The molecular formula is C21H31O5P. The van der Waals surface area contributed by atoms with Gasteiger partial charge in [-0.05, 0) is 55.7 Å². The Kier molecular flexibility index (Phi) is 5.51. The molecule has 6 heteroatoms. The van der Waals surface area contributed by atoms with Gasteiger partial charge in [-0.25, -0.2) is 4.57 Å². The Hall–Kier alpha value is -1.29. The number of benzene rings is 1. The summed E-state index contributed by atoms with van der Waals surface area (Å²) in [5.41, 5.74) is 1.92. The van der Waals surface area contributed by atoms with Crippen LogP contribution in [0.4, 0.5) is 0 Å². The van der Waals surface area contributed by atoms with E-state index in [2.05, 4.69) is 26.8 Å². The normalized spacial score (nSPS) is 26.5. The highest BCUT2D eigenvalue weighted by molar-refractivity contribution is 7.48. The molecule has 1 aromatic rings. The Labute approximate surface area is 162 Å². The maximum atomic E-state index is 13.2. The fourth-order valence-corrected chi connectivity index (χ4v) is 5.99. The van der Waals surface area contributed by atoms with Crippen LogP contribution in [0.15, 0.2) is 30.0 Å². The highest BCUT2D eigenvalue weighted by Gasteiger charge is 2.63. The van der Waals surface area contributed by atoms with Crippen LogP contribution in [0.1, 0.15) is 53.0 Å². The molecule has 150 valence electrons. The number of methoxy groups -OCH3 is 1. The van der Waals surface area contributed by atoms with Crippen LogP contribution in [-0.4, -0.2) is 20.3 Å². The van der Waals surface area contributed by atoms with Crippen molar-refractivity contribution in [1.29, 1.82) is 0 Å². The predicted octanol–water partition coefficient (Wildman–Crippen LogP) is 6.06. The molecule has 0 N–H and O–H groups in total. The van der Waals surface area contributed by atoms with Gasteiger partial charge >= 0.3 is 7.82 Å². The summed E-state index contributed by atoms with van der Waals surface area (Å²) >= 11 is 0. The minimum Gasteiger partial charge on any atom is -0.497 e. The van der Waals surface area contributed by atoms with Gasteiger partial charge in [-0.3, -0.25) is 9.05 Å². The van der Waals surface area contributed by atoms with Gasteiger partial charge in [0.2, 0.25) is 0 Å². The van der Waals surface area contributed by atoms with Crippen LogP contribution in [0.3, 0.4) is 0 Å². The second-order valence-corrected chi connectivity index (χ2v) is 9.59. The Morgan fingerprint density at radius 1 is 1.15 bits per heavy atom. The summed E-state index contributed by atoms with van der Waals surface area (Å²) < 4.78 is 35.6. The quantitative estimate of drug-likeness (QED) is 0.502. The van der Waals surface area contributed by atoms with Crippen molar-refractivity contribution in [2.24, 2.45) is 16.7 Å². The summed E-state index contributed by atoms with van der Waals surface area (Å²) in [5.74, 6) is 1.87. The second-order valence-electron chi connectivity index (χ2n) is 7.99. The summed E-state index contributed by atoms with van der Waals surface area (Å²) in [6.07, 6.45) is 2.07. The van der Waals surface area contributed by atoms with Crippen molar-refractivity contribution in [3.05, 3.63) is 35.6 Å². The van der Waals surface area contributed by atoms with Gasteiger partial charge < -0.3 is 9.26 Å². The van der Waals surface area contributed by atoms with E-state index in [1.54, 1.807) is 21.0 Å². The van der Waals surface area contributed by atoms with Crippen molar-refractivity contribution < 1.29 is 22.9 Å². The zero-order valence-corrected chi connectivity index (χ0v) is 18.1. The molecule has 2 atom stereocenters. The van der Waals surface area contributed by atoms with Crippen molar-refractivity contribution in [2.45, 2.75) is 47.5 Å². The van der Waals surface area contributed by atoms with Crippen molar-refractivity contribution in [1.82, 2.24) is 0 Å². The van der Waals surface area contributed by atoms with E-state index in [0.29, 0.717) is 5.92 Å². The van der Waals surface area contributed by atoms with Gasteiger partial charge in [0.05, 0.1) is 20.3 Å². The molecule has 0 aliphatic heterocycles. The molecule has 27 heavy (non-hydrogen) atoms. The number of phosphoric ester groups is 1. The first-order valence-corrected chi connectivity index (χ1v) is 11.2. The lowest BCUT2D eigenvalue weighted by Gasteiger charge is -2.37. The summed E-state index contributed by atoms with van der Waals surface area (Å²) in [4.78, 5) is 0. The lowest BCUT2D eigenvalue weighted by Crippen LogP contribution is -2.30. The third-order valence-electron chi connectivity index (χ3n) is 6.48. The summed E-state index contributed by atoms with van der Waals surface area (Å²) in [6.45, 7) is 10.9. The molecule has 0 spiro atoms. The van der Waals surface area contributed by atoms with E-state index in [4.69, 9.17) is 18.3 Å². The molecule has 0 heterocycles. The molecule has 5 nitrogen and oxygen atoms in total. The van der Waals surface area contributed by atoms with Gasteiger partial charge in [0.1, 0.15) is 11.5 Å². The first-order chi connectivity index (χ1) is 12.7. The molecule has 0 aromatic heterocycles. The molecule has 1 saturated carbocycles. The maximum absolute atomic E-state index is 13.2. The van der Waals surface area contributed by atoms with E-state index in [0.717, 1.165) is 35.5 Å². The van der Waals surface area contributed by atoms with E-state index in [1.165, 1.54) is 0 Å². The molecule has 1 fully saturated rings. The molecule has 2 aliphatic rings. The van der Waals surface area contributed by atoms with Crippen LogP contribution >= 0.6 is 7.82 Å². The van der Waals surface area contributed by atoms with E-state index >= 15 is 0 Å². The van der Waals surface area contributed by atoms with Gasteiger partial charge in [-0.2, -0.15) is 0 Å². The van der Waals surface area contributed by atoms with E-state index in [1.807, 2.05) is 18.2 Å². The molecule has 0 radical (unpaired) electrons. The largest absolute Gasteiger partial charge is 0.529 e. The average Bonchev–Trinajstić information content (AvgIpc) is 2.94. The van der Waals surface area contributed by atoms with Gasteiger partial charge in [0.15, 0.2) is 0 Å². The third kappa shape index (κ3) is 3.24. The Morgan fingerprint density at radius 3 is 2.41 bits per heavy atom. The van der Waals surface area contributed by atoms with Crippen molar-refractivity contribution >= 4 is 13.4 Å². The Morgan fingerprint density at radius 2 is 1.81 bits per heavy atom. The van der Waals surface area contributed by atoms with Crippen LogP contribution in [0.2, 0.25) is 0 Å². The van der Waals surface area contributed by atoms with Crippen LogP contribution in [0.5, 0.6) is 5.75 Å². The Balaban J connectivity index is 2.14. The van der Waals surface area contributed by atoms with E-state index in [-0.39, 0.29) is 24.0 Å². The first-order valence-electron chi connectivity index (χ1n) is 9.70. The van der Waals surface area contributed by atoms with Crippen LogP contribution in [0.25, 0.3) is 5.57 Å². The minimum absolute atomic E-state index is 0.00992. The summed E-state index contributed by atoms with van der Waals surface area (Å²) in [5, 5.41) is 0. The second kappa shape index (κ2) is 7.27. The number of rotatable bonds is 8. The van der Waals surface area contributed by atoms with E-state index in [9.17, 15) is 4.57 Å². The third-order valence-corrected chi connectivity index (χ3v) is 8.03. The van der Waals surface area contributed by atoms with Crippen LogP contribution < -0.4 is 4.74 Å². The number of phosphoric acid groups is 1. The van der Waals surface area contributed by atoms with Gasteiger partial charge in [0, 0.05) is 11.0 Å². The molecule has 2 bridgehead atoms. The molecule has 0 saturated heterocycles. The standard InChI is InChI=1S/C21H31O5P/c1-7-24-27(22,25-8-2)26-19-18(15-10-9-11-16(14-15)23-6)17-12-13-21(19,5)20(17,3)4/h9-11,14,17H,7-8,12-13H2,1-6H3/t17-,21+/m1/s1. The monoisotopic (exact) mass is 394 g/mol. The molecular weight excluding hydrogens is 363 g/mol. The summed E-state index contributed by atoms with van der Waals surface area (Å²) in [6, 6.07) is 7.99. The molecule has 0 unspecified atom stereocenters. The number of ether oxygens (including phenoxy) is 1. The number of fused-ring (bicyclic) bond motifs is 2. The zero-order valence-electron chi connectivity index (χ0n) is 17.2. The smallest absolute Gasteiger partial charge is 0.497 e. The lowest BCUT2D eigenvalue weighted by atomic mass is 9.69. The number of hydrogen-bond donors (Lipinski definition) is 0. The topological polar surface area (TPSA) is 54.0 Å². The number of allylic oxidation sites excluding steroid dienone is 2. The number of hydrogen-bond acceptors (Lipinski definition) is 5. The van der Waals surface area contributed by atoms with Gasteiger partial charge in [-0.15, -0.1) is 0 Å². The highest BCUT2D eigenvalue weighted by atomic mass is 31.2. The summed E-state index contributed by atoms with van der Waals surface area (Å²) in [7, 11) is -2.00. The van der Waals surface area contributed by atoms with Crippen LogP contribution in [-0.2, 0) is 18.1 Å². The molecule has 0 amide bonds. The van der Waals surface area contributed by atoms with Gasteiger partial charge in [0.25, 0.3) is 0 Å². The SMILES string of the molecule is CCOP(=O)(OCC)OC1=C(c2cccc(OC)c2)[C@H]2CC[C@]1(C)C2(C)C. The molecule has 1 aromatic carbocycles. The van der Waals surface area contributed by atoms with Gasteiger partial charge in [-0.1, -0.05) is 32.9 Å². The maximum Gasteiger partial charge on any atom is 0.529 e. The lowest BCUT2D eigenvalue weighted by molar-refractivity contribution is 0.0909. The highest BCUT2D eigenvalue weighted by Crippen LogP contribution is 2.72. The molecule has 3 rings (SSSR count). The molecule has 2 aliphatic carbocycles. The minimum atomic E-state index is -3.66. The predicted molar refractivity (Wildman–Crippen MR) is 106 cm³/mol. The van der Waals surface area contributed by atoms with Crippen molar-refractivity contribution in [3.8, 4) is 5.75 Å². The van der Waals surface area contributed by atoms with Crippen molar-refractivity contribution in [3.63, 3.8) is 0 Å². The fraction of sp³-hybridized carbons (Fsp3) is 0.619. The Bertz CT molecular complexity index is 775.